The molecule has 1 heterocycles. The van der Waals surface area contributed by atoms with E-state index in [2.05, 4.69) is 17.4 Å². The molecule has 0 aromatic heterocycles. The molecule has 2 rings (SSSR count). The van der Waals surface area contributed by atoms with Crippen molar-refractivity contribution < 1.29 is 4.79 Å². The second kappa shape index (κ2) is 6.48. The SMILES string of the molecule is CC(CCCCl)NC(=O)C1Cc2ccccc2S1. The van der Waals surface area contributed by atoms with Gasteiger partial charge in [-0.2, -0.15) is 0 Å². The summed E-state index contributed by atoms with van der Waals surface area (Å²) in [4.78, 5) is 13.4. The van der Waals surface area contributed by atoms with E-state index >= 15 is 0 Å². The molecule has 0 aliphatic carbocycles. The van der Waals surface area contributed by atoms with Crippen LogP contribution in [0.4, 0.5) is 0 Å². The van der Waals surface area contributed by atoms with E-state index in [0.29, 0.717) is 5.88 Å². The number of hydrogen-bond acceptors (Lipinski definition) is 2. The van der Waals surface area contributed by atoms with Crippen molar-refractivity contribution in [2.24, 2.45) is 0 Å². The predicted molar refractivity (Wildman–Crippen MR) is 77.3 cm³/mol. The lowest BCUT2D eigenvalue weighted by atomic mass is 10.1. The van der Waals surface area contributed by atoms with Crippen LogP contribution < -0.4 is 5.32 Å². The molecule has 1 aliphatic rings. The highest BCUT2D eigenvalue weighted by molar-refractivity contribution is 8.01. The van der Waals surface area contributed by atoms with Crippen molar-refractivity contribution in [3.8, 4) is 0 Å². The predicted octanol–water partition coefficient (Wildman–Crippen LogP) is 3.23. The summed E-state index contributed by atoms with van der Waals surface area (Å²) >= 11 is 7.33. The molecular formula is C14H18ClNOS. The molecule has 0 saturated carbocycles. The molecule has 0 spiro atoms. The van der Waals surface area contributed by atoms with Gasteiger partial charge in [-0.1, -0.05) is 18.2 Å². The summed E-state index contributed by atoms with van der Waals surface area (Å²) in [5.41, 5.74) is 1.29. The van der Waals surface area contributed by atoms with Crippen LogP contribution in [-0.4, -0.2) is 23.1 Å². The largest absolute Gasteiger partial charge is 0.353 e. The van der Waals surface area contributed by atoms with Gasteiger partial charge in [0.15, 0.2) is 0 Å². The Morgan fingerprint density at radius 1 is 1.56 bits per heavy atom. The van der Waals surface area contributed by atoms with Crippen molar-refractivity contribution >= 4 is 29.3 Å². The fourth-order valence-corrected chi connectivity index (χ4v) is 3.48. The molecule has 2 nitrogen and oxygen atoms in total. The maximum atomic E-state index is 12.1. The molecule has 2 unspecified atom stereocenters. The molecule has 1 amide bonds. The molecular weight excluding hydrogens is 266 g/mol. The van der Waals surface area contributed by atoms with Crippen LogP contribution >= 0.6 is 23.4 Å². The van der Waals surface area contributed by atoms with Crippen molar-refractivity contribution in [3.05, 3.63) is 29.8 Å². The monoisotopic (exact) mass is 283 g/mol. The zero-order chi connectivity index (χ0) is 13.0. The van der Waals surface area contributed by atoms with Crippen LogP contribution in [0.2, 0.25) is 0 Å². The van der Waals surface area contributed by atoms with Gasteiger partial charge in [-0.15, -0.1) is 23.4 Å². The Morgan fingerprint density at radius 2 is 2.33 bits per heavy atom. The van der Waals surface area contributed by atoms with Gasteiger partial charge in [0.2, 0.25) is 5.91 Å². The van der Waals surface area contributed by atoms with E-state index in [1.807, 2.05) is 19.1 Å². The highest BCUT2D eigenvalue weighted by Crippen LogP contribution is 2.36. The van der Waals surface area contributed by atoms with Gasteiger partial charge in [0.05, 0.1) is 5.25 Å². The van der Waals surface area contributed by atoms with Crippen LogP contribution in [0.15, 0.2) is 29.2 Å². The van der Waals surface area contributed by atoms with Crippen LogP contribution in [0.25, 0.3) is 0 Å². The first-order chi connectivity index (χ1) is 8.70. The summed E-state index contributed by atoms with van der Waals surface area (Å²) in [6.45, 7) is 2.04. The number of amides is 1. The van der Waals surface area contributed by atoms with Gasteiger partial charge in [0.25, 0.3) is 0 Å². The van der Waals surface area contributed by atoms with Crippen molar-refractivity contribution in [1.82, 2.24) is 5.32 Å². The fourth-order valence-electron chi connectivity index (χ4n) is 2.12. The van der Waals surface area contributed by atoms with Gasteiger partial charge >= 0.3 is 0 Å². The third-order valence-corrected chi connectivity index (χ3v) is 4.68. The second-order valence-electron chi connectivity index (χ2n) is 4.66. The lowest BCUT2D eigenvalue weighted by molar-refractivity contribution is -0.121. The van der Waals surface area contributed by atoms with E-state index in [4.69, 9.17) is 11.6 Å². The molecule has 4 heteroatoms. The van der Waals surface area contributed by atoms with E-state index < -0.39 is 0 Å². The topological polar surface area (TPSA) is 29.1 Å². The molecule has 0 radical (unpaired) electrons. The summed E-state index contributed by atoms with van der Waals surface area (Å²) in [5, 5.41) is 3.10. The molecule has 18 heavy (non-hydrogen) atoms. The molecule has 1 aromatic carbocycles. The highest BCUT2D eigenvalue weighted by Gasteiger charge is 2.28. The minimum Gasteiger partial charge on any atom is -0.353 e. The molecule has 2 atom stereocenters. The van der Waals surface area contributed by atoms with Gasteiger partial charge in [-0.25, -0.2) is 0 Å². The average molecular weight is 284 g/mol. The third-order valence-electron chi connectivity index (χ3n) is 3.10. The van der Waals surface area contributed by atoms with E-state index in [9.17, 15) is 4.79 Å². The van der Waals surface area contributed by atoms with Crippen LogP contribution in [-0.2, 0) is 11.2 Å². The zero-order valence-corrected chi connectivity index (χ0v) is 12.1. The lowest BCUT2D eigenvalue weighted by Crippen LogP contribution is -2.38. The summed E-state index contributed by atoms with van der Waals surface area (Å²) in [5.74, 6) is 0.808. The number of nitrogens with one attached hydrogen (secondary N) is 1. The van der Waals surface area contributed by atoms with Crippen molar-refractivity contribution in [2.45, 2.75) is 42.4 Å². The molecule has 0 fully saturated rings. The Labute approximate surface area is 117 Å². The Hall–Kier alpha value is -0.670. The van der Waals surface area contributed by atoms with E-state index in [1.54, 1.807) is 11.8 Å². The maximum absolute atomic E-state index is 12.1. The van der Waals surface area contributed by atoms with Crippen LogP contribution in [0, 0.1) is 0 Å². The minimum atomic E-state index is 0.0286. The van der Waals surface area contributed by atoms with Gasteiger partial charge in [-0.05, 0) is 37.8 Å². The normalized spacial score (nSPS) is 19.3. The minimum absolute atomic E-state index is 0.0286. The first-order valence-electron chi connectivity index (χ1n) is 6.31. The molecule has 98 valence electrons. The van der Waals surface area contributed by atoms with Gasteiger partial charge < -0.3 is 5.32 Å². The van der Waals surface area contributed by atoms with Crippen molar-refractivity contribution in [1.29, 1.82) is 0 Å². The van der Waals surface area contributed by atoms with Crippen molar-refractivity contribution in [2.75, 3.05) is 5.88 Å². The first-order valence-corrected chi connectivity index (χ1v) is 7.73. The number of benzene rings is 1. The standard InChI is InChI=1S/C14H18ClNOS/c1-10(5-4-8-15)16-14(17)13-9-11-6-2-3-7-12(11)18-13/h2-3,6-7,10,13H,4-5,8-9H2,1H3,(H,16,17). The summed E-state index contributed by atoms with van der Waals surface area (Å²) in [6.07, 6.45) is 2.73. The lowest BCUT2D eigenvalue weighted by Gasteiger charge is -2.16. The van der Waals surface area contributed by atoms with E-state index in [-0.39, 0.29) is 17.2 Å². The number of carbonyl (C=O) groups excluding carboxylic acids is 1. The van der Waals surface area contributed by atoms with Gasteiger partial charge in [0.1, 0.15) is 0 Å². The zero-order valence-electron chi connectivity index (χ0n) is 10.5. The van der Waals surface area contributed by atoms with Crippen LogP contribution in [0.1, 0.15) is 25.3 Å². The Balaban J connectivity index is 1.85. The fraction of sp³-hybridized carbons (Fsp3) is 0.500. The smallest absolute Gasteiger partial charge is 0.234 e. The van der Waals surface area contributed by atoms with Gasteiger partial charge in [-0.3, -0.25) is 4.79 Å². The number of rotatable bonds is 5. The number of hydrogen-bond donors (Lipinski definition) is 1. The highest BCUT2D eigenvalue weighted by atomic mass is 35.5. The van der Waals surface area contributed by atoms with Gasteiger partial charge in [0, 0.05) is 16.8 Å². The third kappa shape index (κ3) is 3.42. The van der Waals surface area contributed by atoms with Crippen molar-refractivity contribution in [3.63, 3.8) is 0 Å². The molecule has 1 aliphatic heterocycles. The number of alkyl halides is 1. The summed E-state index contributed by atoms with van der Waals surface area (Å²) < 4.78 is 0. The molecule has 1 N–H and O–H groups in total. The van der Waals surface area contributed by atoms with E-state index in [1.165, 1.54) is 10.5 Å². The Kier molecular flexibility index (Phi) is 4.95. The Bertz CT molecular complexity index is 399. The van der Waals surface area contributed by atoms with E-state index in [0.717, 1.165) is 19.3 Å². The maximum Gasteiger partial charge on any atom is 0.234 e. The summed E-state index contributed by atoms with van der Waals surface area (Å²) in [6, 6.07) is 8.45. The average Bonchev–Trinajstić information content (AvgIpc) is 2.80. The Morgan fingerprint density at radius 3 is 3.06 bits per heavy atom. The quantitative estimate of drug-likeness (QED) is 0.841. The molecule has 0 bridgehead atoms. The number of carbonyl (C=O) groups is 1. The second-order valence-corrected chi connectivity index (χ2v) is 6.28. The van der Waals surface area contributed by atoms with Crippen LogP contribution in [0.3, 0.4) is 0 Å². The number of halogens is 1. The number of thioether (sulfide) groups is 1. The molecule has 0 saturated heterocycles. The number of fused-ring (bicyclic) bond motifs is 1. The van der Waals surface area contributed by atoms with Crippen LogP contribution in [0.5, 0.6) is 0 Å². The first kappa shape index (κ1) is 13.8. The molecule has 1 aromatic rings. The summed E-state index contributed by atoms with van der Waals surface area (Å²) in [7, 11) is 0.